The molecule has 4 rings (SSSR count). The number of amides is 2. The van der Waals surface area contributed by atoms with Crippen LogP contribution in [0.25, 0.3) is 0 Å². The van der Waals surface area contributed by atoms with Crippen LogP contribution in [0.15, 0.2) is 47.6 Å². The van der Waals surface area contributed by atoms with Gasteiger partial charge in [-0.15, -0.1) is 0 Å². The van der Waals surface area contributed by atoms with Gasteiger partial charge in [-0.05, 0) is 60.9 Å². The van der Waals surface area contributed by atoms with Gasteiger partial charge in [0.2, 0.25) is 5.91 Å². The molecule has 1 atom stereocenters. The molecule has 2 aliphatic heterocycles. The van der Waals surface area contributed by atoms with Crippen molar-refractivity contribution in [2.45, 2.75) is 25.3 Å². The number of hydrogen-bond acceptors (Lipinski definition) is 4. The predicted molar refractivity (Wildman–Crippen MR) is 101 cm³/mol. The molecular weight excluding hydrogens is 366 g/mol. The van der Waals surface area contributed by atoms with Crippen molar-refractivity contribution in [2.75, 3.05) is 16.5 Å². The number of nitrogens with two attached hydrogens (primary N) is 1. The van der Waals surface area contributed by atoms with Gasteiger partial charge in [-0.3, -0.25) is 14.6 Å². The molecule has 2 aliphatic rings. The van der Waals surface area contributed by atoms with Gasteiger partial charge in [0.25, 0.3) is 5.91 Å². The van der Waals surface area contributed by atoms with Crippen molar-refractivity contribution in [3.05, 3.63) is 59.7 Å². The Bertz CT molecular complexity index is 975. The van der Waals surface area contributed by atoms with Gasteiger partial charge in [0.1, 0.15) is 23.4 Å². The molecule has 2 heterocycles. The molecule has 0 spiro atoms. The molecule has 0 bridgehead atoms. The molecule has 0 saturated heterocycles. The first kappa shape index (κ1) is 18.1. The summed E-state index contributed by atoms with van der Waals surface area (Å²) in [5.41, 5.74) is 7.56. The van der Waals surface area contributed by atoms with Crippen LogP contribution >= 0.6 is 0 Å². The minimum absolute atomic E-state index is 0.0541. The first-order valence-electron chi connectivity index (χ1n) is 8.96. The minimum Gasteiger partial charge on any atom is -0.368 e. The van der Waals surface area contributed by atoms with E-state index < -0.39 is 17.8 Å². The molecule has 0 aromatic heterocycles. The predicted octanol–water partition coefficient (Wildman–Crippen LogP) is 2.36. The third kappa shape index (κ3) is 3.21. The maximum atomic E-state index is 13.5. The molecule has 8 heteroatoms. The number of rotatable bonds is 3. The highest BCUT2D eigenvalue weighted by Crippen LogP contribution is 2.30. The molecule has 0 radical (unpaired) electrons. The van der Waals surface area contributed by atoms with Crippen molar-refractivity contribution in [2.24, 2.45) is 10.8 Å². The Labute approximate surface area is 160 Å². The monoisotopic (exact) mass is 384 g/mol. The van der Waals surface area contributed by atoms with E-state index in [2.05, 4.69) is 5.10 Å². The van der Waals surface area contributed by atoms with Crippen LogP contribution in [0.3, 0.4) is 0 Å². The van der Waals surface area contributed by atoms with Gasteiger partial charge in [0, 0.05) is 18.7 Å². The quantitative estimate of drug-likeness (QED) is 0.882. The average molecular weight is 384 g/mol. The van der Waals surface area contributed by atoms with Gasteiger partial charge in [-0.2, -0.15) is 5.10 Å². The highest BCUT2D eigenvalue weighted by atomic mass is 19.1. The molecule has 6 nitrogen and oxygen atoms in total. The number of hydrazone groups is 1. The second-order valence-electron chi connectivity index (χ2n) is 6.82. The maximum absolute atomic E-state index is 13.5. The van der Waals surface area contributed by atoms with Crippen LogP contribution in [0.2, 0.25) is 0 Å². The largest absolute Gasteiger partial charge is 0.368 e. The van der Waals surface area contributed by atoms with Crippen molar-refractivity contribution in [1.82, 2.24) is 0 Å². The van der Waals surface area contributed by atoms with Crippen LogP contribution in [-0.4, -0.2) is 30.1 Å². The molecule has 2 amide bonds. The Balaban J connectivity index is 1.66. The molecule has 2 aromatic carbocycles. The summed E-state index contributed by atoms with van der Waals surface area (Å²) in [6, 6.07) is 8.95. The minimum atomic E-state index is -0.832. The number of halogens is 2. The number of carbonyl (C=O) groups excluding carboxylic acids is 2. The summed E-state index contributed by atoms with van der Waals surface area (Å²) in [5.74, 6) is -1.74. The van der Waals surface area contributed by atoms with Crippen molar-refractivity contribution in [3.63, 3.8) is 0 Å². The third-order valence-electron chi connectivity index (χ3n) is 4.98. The fraction of sp³-hybridized carbons (Fsp3) is 0.250. The lowest BCUT2D eigenvalue weighted by atomic mass is 10.0. The summed E-state index contributed by atoms with van der Waals surface area (Å²) in [6.45, 7) is 0.480. The van der Waals surface area contributed by atoms with Crippen molar-refractivity contribution in [3.8, 4) is 0 Å². The van der Waals surface area contributed by atoms with Gasteiger partial charge < -0.3 is 10.6 Å². The summed E-state index contributed by atoms with van der Waals surface area (Å²) in [7, 11) is 0. The van der Waals surface area contributed by atoms with Crippen LogP contribution < -0.4 is 15.6 Å². The van der Waals surface area contributed by atoms with E-state index in [1.165, 1.54) is 41.4 Å². The van der Waals surface area contributed by atoms with Crippen LogP contribution in [-0.2, 0) is 16.0 Å². The van der Waals surface area contributed by atoms with E-state index in [0.717, 1.165) is 5.56 Å². The van der Waals surface area contributed by atoms with E-state index in [9.17, 15) is 18.4 Å². The molecular formula is C20H18F2N4O2. The first-order valence-corrected chi connectivity index (χ1v) is 8.96. The second kappa shape index (κ2) is 7.03. The zero-order chi connectivity index (χ0) is 19.8. The number of primary amides is 1. The lowest BCUT2D eigenvalue weighted by Gasteiger charge is -2.29. The summed E-state index contributed by atoms with van der Waals surface area (Å²) >= 11 is 0. The Morgan fingerprint density at radius 3 is 2.50 bits per heavy atom. The number of nitrogens with zero attached hydrogens (tertiary/aromatic N) is 3. The number of fused-ring (bicyclic) bond motifs is 1. The van der Waals surface area contributed by atoms with Gasteiger partial charge in [-0.25, -0.2) is 8.78 Å². The van der Waals surface area contributed by atoms with Crippen molar-refractivity contribution < 1.29 is 18.4 Å². The number of carbonyl (C=O) groups is 2. The maximum Gasteiger partial charge on any atom is 0.274 e. The van der Waals surface area contributed by atoms with Crippen LogP contribution in [0.5, 0.6) is 0 Å². The van der Waals surface area contributed by atoms with Crippen LogP contribution in [0, 0.1) is 11.6 Å². The van der Waals surface area contributed by atoms with Crippen molar-refractivity contribution >= 4 is 28.9 Å². The fourth-order valence-corrected chi connectivity index (χ4v) is 3.63. The van der Waals surface area contributed by atoms with E-state index in [-0.39, 0.29) is 23.9 Å². The number of anilines is 2. The highest BCUT2D eigenvalue weighted by molar-refractivity contribution is 6.45. The summed E-state index contributed by atoms with van der Waals surface area (Å²) in [4.78, 5) is 26.6. The number of aryl methyl sites for hydroxylation is 1. The average Bonchev–Trinajstić information content (AvgIpc) is 3.13. The summed E-state index contributed by atoms with van der Waals surface area (Å²) < 4.78 is 26.7. The van der Waals surface area contributed by atoms with Gasteiger partial charge >= 0.3 is 0 Å². The van der Waals surface area contributed by atoms with Crippen molar-refractivity contribution in [1.29, 1.82) is 0 Å². The Morgan fingerprint density at radius 2 is 1.79 bits per heavy atom. The molecule has 0 aliphatic carbocycles. The van der Waals surface area contributed by atoms with E-state index >= 15 is 0 Å². The molecule has 144 valence electrons. The number of benzene rings is 2. The molecule has 1 unspecified atom stereocenters. The van der Waals surface area contributed by atoms with Gasteiger partial charge in [0.05, 0.1) is 5.69 Å². The third-order valence-corrected chi connectivity index (χ3v) is 4.98. The molecule has 2 aromatic rings. The molecule has 0 fully saturated rings. The normalized spacial score (nSPS) is 18.6. The van der Waals surface area contributed by atoms with Gasteiger partial charge in [0.15, 0.2) is 0 Å². The van der Waals surface area contributed by atoms with E-state index in [4.69, 9.17) is 5.73 Å². The Kier molecular flexibility index (Phi) is 4.54. The zero-order valence-electron chi connectivity index (χ0n) is 14.9. The summed E-state index contributed by atoms with van der Waals surface area (Å²) in [6.07, 6.45) is 1.45. The van der Waals surface area contributed by atoms with Crippen LogP contribution in [0.4, 0.5) is 20.2 Å². The standard InChI is InChI=1S/C20H18F2N4O2/c21-13-3-6-15(7-4-13)26-18(19(23)27)11-16(24-26)20(28)25-9-1-2-12-10-14(22)5-8-17(12)25/h3-8,10,18H,1-2,9,11H2,(H2,23,27). The first-order chi connectivity index (χ1) is 13.4. The zero-order valence-corrected chi connectivity index (χ0v) is 14.9. The van der Waals surface area contributed by atoms with E-state index in [0.29, 0.717) is 30.8 Å². The molecule has 2 N–H and O–H groups in total. The number of hydrogen-bond donors (Lipinski definition) is 1. The lowest BCUT2D eigenvalue weighted by Crippen LogP contribution is -2.41. The fourth-order valence-electron chi connectivity index (χ4n) is 3.63. The Morgan fingerprint density at radius 1 is 1.07 bits per heavy atom. The summed E-state index contributed by atoms with van der Waals surface area (Å²) in [5, 5.41) is 5.67. The highest BCUT2D eigenvalue weighted by Gasteiger charge is 2.37. The van der Waals surface area contributed by atoms with Gasteiger partial charge in [-0.1, -0.05) is 0 Å². The smallest absolute Gasteiger partial charge is 0.274 e. The second-order valence-corrected chi connectivity index (χ2v) is 6.82. The lowest BCUT2D eigenvalue weighted by molar-refractivity contribution is -0.119. The molecule has 28 heavy (non-hydrogen) atoms. The SMILES string of the molecule is NC(=O)C1CC(C(=O)N2CCCc3cc(F)ccc32)=NN1c1ccc(F)cc1. The Hall–Kier alpha value is -3.29. The molecule has 0 saturated carbocycles. The van der Waals surface area contributed by atoms with E-state index in [1.807, 2.05) is 0 Å². The van der Waals surface area contributed by atoms with E-state index in [1.54, 1.807) is 11.0 Å². The topological polar surface area (TPSA) is 79.0 Å². The van der Waals surface area contributed by atoms with Crippen LogP contribution in [0.1, 0.15) is 18.4 Å².